The molecule has 0 aliphatic heterocycles. The first kappa shape index (κ1) is 11.6. The van der Waals surface area contributed by atoms with Gasteiger partial charge in [-0.15, -0.1) is 0 Å². The molecule has 90 valence electrons. The number of nitrogens with one attached hydrogen (secondary N) is 1. The molecule has 1 heterocycles. The Balaban J connectivity index is 2.33. The Morgan fingerprint density at radius 2 is 2.35 bits per heavy atom. The third-order valence-electron chi connectivity index (χ3n) is 2.44. The molecule has 0 atom stereocenters. The fourth-order valence-corrected chi connectivity index (χ4v) is 1.79. The maximum absolute atomic E-state index is 10.7. The molecule has 1 aliphatic carbocycles. The first-order chi connectivity index (χ1) is 8.08. The van der Waals surface area contributed by atoms with E-state index in [2.05, 4.69) is 22.7 Å². The van der Waals surface area contributed by atoms with Crippen LogP contribution in [0.4, 0.5) is 0 Å². The number of rotatable bonds is 2. The highest BCUT2D eigenvalue weighted by Gasteiger charge is 2.21. The predicted octanol–water partition coefficient (Wildman–Crippen LogP) is -0.483. The number of aryl methyl sites for hydroxylation is 1. The van der Waals surface area contributed by atoms with Gasteiger partial charge in [0, 0.05) is 12.0 Å². The van der Waals surface area contributed by atoms with E-state index in [-0.39, 0.29) is 10.9 Å². The number of carboxylic acids is 1. The van der Waals surface area contributed by atoms with E-state index in [0.29, 0.717) is 29.9 Å². The Morgan fingerprint density at radius 3 is 3.00 bits per heavy atom. The lowest BCUT2D eigenvalue weighted by molar-refractivity contribution is -0.257. The largest absolute Gasteiger partial charge is 0.542 e. The number of fused-ring (bicyclic) bond motifs is 1. The molecule has 3 N–H and O–H groups in total. The van der Waals surface area contributed by atoms with Gasteiger partial charge in [0.25, 0.3) is 0 Å². The number of carbonyl (C=O) groups is 1. The van der Waals surface area contributed by atoms with Gasteiger partial charge >= 0.3 is 0 Å². The number of furan rings is 1. The zero-order valence-corrected chi connectivity index (χ0v) is 9.67. The van der Waals surface area contributed by atoms with E-state index in [1.807, 2.05) is 0 Å². The summed E-state index contributed by atoms with van der Waals surface area (Å²) >= 11 is 4.64. The molecule has 2 rings (SSSR count). The minimum atomic E-state index is -1.33. The number of carboxylic acid groups (broad SMARTS) is 1. The fraction of sp³-hybridized carbons (Fsp3) is 0.300. The van der Waals surface area contributed by atoms with Crippen molar-refractivity contribution in [1.82, 2.24) is 5.43 Å². The van der Waals surface area contributed by atoms with Crippen LogP contribution in [0.25, 0.3) is 0 Å². The van der Waals surface area contributed by atoms with Crippen LogP contribution >= 0.6 is 12.2 Å². The van der Waals surface area contributed by atoms with Crippen LogP contribution in [0.1, 0.15) is 34.7 Å². The van der Waals surface area contributed by atoms with Gasteiger partial charge in [-0.1, -0.05) is 0 Å². The fourth-order valence-electron chi connectivity index (χ4n) is 1.75. The average molecular weight is 252 g/mol. The molecule has 0 fully saturated rings. The molecule has 17 heavy (non-hydrogen) atoms. The van der Waals surface area contributed by atoms with Crippen molar-refractivity contribution in [2.24, 2.45) is 10.8 Å². The lowest BCUT2D eigenvalue weighted by atomic mass is 9.96. The van der Waals surface area contributed by atoms with Crippen molar-refractivity contribution in [1.29, 1.82) is 0 Å². The zero-order chi connectivity index (χ0) is 12.4. The van der Waals surface area contributed by atoms with Gasteiger partial charge in [0.2, 0.25) is 0 Å². The van der Waals surface area contributed by atoms with E-state index in [0.717, 1.165) is 6.42 Å². The molecular formula is C10H10N3O3S-. The zero-order valence-electron chi connectivity index (χ0n) is 8.86. The first-order valence-corrected chi connectivity index (χ1v) is 5.45. The highest BCUT2D eigenvalue weighted by atomic mass is 32.1. The summed E-state index contributed by atoms with van der Waals surface area (Å²) in [5, 5.41) is 14.8. The molecule has 0 spiro atoms. The molecule has 6 nitrogen and oxygen atoms in total. The minimum absolute atomic E-state index is 0.0632. The quantitative estimate of drug-likeness (QED) is 0.544. The summed E-state index contributed by atoms with van der Waals surface area (Å²) in [4.78, 5) is 10.7. The molecule has 0 unspecified atom stereocenters. The summed E-state index contributed by atoms with van der Waals surface area (Å²) in [6.45, 7) is 0. The summed E-state index contributed by atoms with van der Waals surface area (Å²) in [7, 11) is 0. The van der Waals surface area contributed by atoms with Gasteiger partial charge in [-0.3, -0.25) is 5.43 Å². The lowest BCUT2D eigenvalue weighted by Crippen LogP contribution is -2.26. The van der Waals surface area contributed by atoms with Gasteiger partial charge in [0.05, 0.1) is 5.71 Å². The van der Waals surface area contributed by atoms with E-state index in [4.69, 9.17) is 10.2 Å². The first-order valence-electron chi connectivity index (χ1n) is 5.04. The van der Waals surface area contributed by atoms with E-state index in [1.165, 1.54) is 6.07 Å². The molecule has 0 bridgehead atoms. The highest BCUT2D eigenvalue weighted by molar-refractivity contribution is 7.80. The molecule has 0 amide bonds. The Hall–Kier alpha value is -1.89. The predicted molar refractivity (Wildman–Crippen MR) is 62.4 cm³/mol. The number of aromatic carboxylic acids is 1. The van der Waals surface area contributed by atoms with Crippen molar-refractivity contribution in [3.63, 3.8) is 0 Å². The highest BCUT2D eigenvalue weighted by Crippen LogP contribution is 2.24. The smallest absolute Gasteiger partial charge is 0.184 e. The second-order valence-corrected chi connectivity index (χ2v) is 4.06. The SMILES string of the molecule is NC(=S)N/N=C1/CCCc2oc(C(=O)[O-])cc21. The van der Waals surface area contributed by atoms with E-state index in [1.54, 1.807) is 0 Å². The van der Waals surface area contributed by atoms with Gasteiger partial charge in [0.15, 0.2) is 5.11 Å². The van der Waals surface area contributed by atoms with Gasteiger partial charge < -0.3 is 20.1 Å². The second kappa shape index (κ2) is 4.54. The maximum Gasteiger partial charge on any atom is 0.184 e. The number of carbonyl (C=O) groups excluding carboxylic acids is 1. The minimum Gasteiger partial charge on any atom is -0.542 e. The monoisotopic (exact) mass is 252 g/mol. The van der Waals surface area contributed by atoms with Crippen molar-refractivity contribution in [2.45, 2.75) is 19.3 Å². The molecule has 0 aromatic carbocycles. The summed E-state index contributed by atoms with van der Waals surface area (Å²) in [5.74, 6) is -0.903. The van der Waals surface area contributed by atoms with Crippen LogP contribution < -0.4 is 16.3 Å². The van der Waals surface area contributed by atoms with Gasteiger partial charge in [-0.25, -0.2) is 0 Å². The van der Waals surface area contributed by atoms with Crippen molar-refractivity contribution in [3.05, 3.63) is 23.2 Å². The summed E-state index contributed by atoms with van der Waals surface area (Å²) < 4.78 is 5.17. The number of hydrazone groups is 1. The molecule has 0 radical (unpaired) electrons. The Kier molecular flexibility index (Phi) is 3.10. The standard InChI is InChI=1S/C10H11N3O3S/c11-10(17)13-12-6-2-1-3-7-5(6)4-8(16-7)9(14)15/h4H,1-3H2,(H,14,15)(H3,11,13,17)/p-1/b12-6-. The second-order valence-electron chi connectivity index (χ2n) is 3.62. The molecule has 1 aliphatic rings. The van der Waals surface area contributed by atoms with E-state index >= 15 is 0 Å². The molecule has 1 aromatic heterocycles. The molecule has 7 heteroatoms. The normalized spacial score (nSPS) is 16.6. The van der Waals surface area contributed by atoms with Crippen LogP contribution in [0.15, 0.2) is 15.6 Å². The van der Waals surface area contributed by atoms with Crippen LogP contribution in [0.3, 0.4) is 0 Å². The van der Waals surface area contributed by atoms with Crippen molar-refractivity contribution in [3.8, 4) is 0 Å². The Morgan fingerprint density at radius 1 is 1.59 bits per heavy atom. The number of nitrogens with zero attached hydrogens (tertiary/aromatic N) is 1. The lowest BCUT2D eigenvalue weighted by Gasteiger charge is -2.12. The van der Waals surface area contributed by atoms with Crippen LogP contribution in [0.5, 0.6) is 0 Å². The molecule has 0 saturated heterocycles. The van der Waals surface area contributed by atoms with Crippen LogP contribution in [-0.2, 0) is 6.42 Å². The van der Waals surface area contributed by atoms with Crippen molar-refractivity contribution < 1.29 is 14.3 Å². The van der Waals surface area contributed by atoms with E-state index < -0.39 is 5.97 Å². The van der Waals surface area contributed by atoms with Crippen LogP contribution in [-0.4, -0.2) is 16.8 Å². The Labute approximate surface area is 102 Å². The number of thiocarbonyl (C=S) groups is 1. The van der Waals surface area contributed by atoms with Crippen molar-refractivity contribution in [2.75, 3.05) is 0 Å². The van der Waals surface area contributed by atoms with Gasteiger partial charge in [-0.05, 0) is 31.1 Å². The van der Waals surface area contributed by atoms with E-state index in [9.17, 15) is 9.90 Å². The Bertz CT molecular complexity index is 507. The number of hydrogen-bond donors (Lipinski definition) is 2. The molecule has 1 aromatic rings. The average Bonchev–Trinajstić information content (AvgIpc) is 2.70. The van der Waals surface area contributed by atoms with Crippen molar-refractivity contribution >= 4 is 29.0 Å². The summed E-state index contributed by atoms with van der Waals surface area (Å²) in [6.07, 6.45) is 2.24. The maximum atomic E-state index is 10.7. The third-order valence-corrected chi connectivity index (χ3v) is 2.53. The summed E-state index contributed by atoms with van der Waals surface area (Å²) in [5.41, 5.74) is 9.13. The van der Waals surface area contributed by atoms with Gasteiger partial charge in [-0.2, -0.15) is 5.10 Å². The number of nitrogens with two attached hydrogens (primary N) is 1. The topological polar surface area (TPSA) is 104 Å². The van der Waals surface area contributed by atoms with Gasteiger partial charge in [0.1, 0.15) is 17.5 Å². The molecule has 0 saturated carbocycles. The molecular weight excluding hydrogens is 242 g/mol. The summed E-state index contributed by atoms with van der Waals surface area (Å²) in [6, 6.07) is 1.42. The van der Waals surface area contributed by atoms with Crippen LogP contribution in [0, 0.1) is 0 Å². The van der Waals surface area contributed by atoms with Crippen LogP contribution in [0.2, 0.25) is 0 Å². The number of hydrogen-bond acceptors (Lipinski definition) is 5. The third kappa shape index (κ3) is 2.44.